The third kappa shape index (κ3) is 3.32. The first-order valence-electron chi connectivity index (χ1n) is 14.6. The van der Waals surface area contributed by atoms with Gasteiger partial charge in [-0.1, -0.05) is 49.4 Å². The number of hydrogen-bond acceptors (Lipinski definition) is 1. The third-order valence-corrected chi connectivity index (χ3v) is 9.77. The van der Waals surface area contributed by atoms with E-state index in [9.17, 15) is 0 Å². The van der Waals surface area contributed by atoms with Crippen LogP contribution in [0.15, 0.2) is 72.2 Å². The van der Waals surface area contributed by atoms with Crippen molar-refractivity contribution < 1.29 is 0 Å². The highest BCUT2D eigenvalue weighted by Crippen LogP contribution is 2.43. The van der Waals surface area contributed by atoms with E-state index in [-0.39, 0.29) is 0 Å². The molecule has 3 nitrogen and oxygen atoms in total. The van der Waals surface area contributed by atoms with E-state index in [2.05, 4.69) is 81.9 Å². The molecule has 2 aromatic heterocycles. The van der Waals surface area contributed by atoms with Crippen molar-refractivity contribution in [2.24, 2.45) is 5.92 Å². The van der Waals surface area contributed by atoms with Crippen LogP contribution in [0.1, 0.15) is 67.2 Å². The zero-order valence-electron chi connectivity index (χ0n) is 22.0. The summed E-state index contributed by atoms with van der Waals surface area (Å²) in [5, 5.41) is 2.96. The molecule has 1 unspecified atom stereocenters. The summed E-state index contributed by atoms with van der Waals surface area (Å²) in [5.74, 6) is 1.03. The zero-order chi connectivity index (χ0) is 24.5. The van der Waals surface area contributed by atoms with E-state index in [1.165, 1.54) is 101 Å². The molecule has 37 heavy (non-hydrogen) atoms. The van der Waals surface area contributed by atoms with E-state index in [0.29, 0.717) is 11.8 Å². The molecule has 5 heterocycles. The standard InChI is InChI=1S/C34H37N3/c1-23-8-2-16-32-26(23)15-7-17-35(32)20-31(29-21-36-18-5-11-24-9-3-13-27(29)33(24)36)30-22-37-19-6-12-25-10-4-14-28(30)34(25)37/h2-4,9-10,13-14,16,21-23,31H,5-8,11-12,15,17-20H2,1H3. The molecular formula is C34H37N3. The van der Waals surface area contributed by atoms with Gasteiger partial charge in [0.2, 0.25) is 0 Å². The van der Waals surface area contributed by atoms with Crippen molar-refractivity contribution in [3.8, 4) is 0 Å². The van der Waals surface area contributed by atoms with Gasteiger partial charge in [-0.3, -0.25) is 0 Å². The number of aromatic nitrogens is 2. The van der Waals surface area contributed by atoms with Crippen LogP contribution < -0.4 is 0 Å². The molecule has 8 rings (SSSR count). The first-order valence-corrected chi connectivity index (χ1v) is 14.6. The Bertz CT molecular complexity index is 1500. The van der Waals surface area contributed by atoms with Gasteiger partial charge in [-0.2, -0.15) is 0 Å². The smallest absolute Gasteiger partial charge is 0.0515 e. The SMILES string of the molecule is CC1CC=CC2=C1CCCN2CC(c1cn2c3c(cccc13)CCC2)c1cn2c3c(cccc13)CCC2. The zero-order valence-corrected chi connectivity index (χ0v) is 22.0. The first kappa shape index (κ1) is 21.8. The van der Waals surface area contributed by atoms with E-state index < -0.39 is 0 Å². The molecule has 0 N–H and O–H groups in total. The number of hydrogen-bond donors (Lipinski definition) is 0. The highest BCUT2D eigenvalue weighted by atomic mass is 15.1. The molecular weight excluding hydrogens is 450 g/mol. The number of rotatable bonds is 4. The van der Waals surface area contributed by atoms with Crippen molar-refractivity contribution in [2.45, 2.75) is 70.9 Å². The average molecular weight is 488 g/mol. The van der Waals surface area contributed by atoms with Gasteiger partial charge in [-0.05, 0) is 84.8 Å². The summed E-state index contributed by atoms with van der Waals surface area (Å²) in [6, 6.07) is 14.1. The van der Waals surface area contributed by atoms with Gasteiger partial charge in [-0.25, -0.2) is 0 Å². The molecule has 3 aliphatic heterocycles. The molecule has 0 bridgehead atoms. The largest absolute Gasteiger partial charge is 0.371 e. The third-order valence-electron chi connectivity index (χ3n) is 9.77. The van der Waals surface area contributed by atoms with Gasteiger partial charge >= 0.3 is 0 Å². The Morgan fingerprint density at radius 2 is 1.41 bits per heavy atom. The van der Waals surface area contributed by atoms with Crippen LogP contribution in [0.25, 0.3) is 21.8 Å². The second-order valence-corrected chi connectivity index (χ2v) is 11.9. The summed E-state index contributed by atoms with van der Waals surface area (Å²) in [5.41, 5.74) is 12.3. The normalized spacial score (nSPS) is 20.9. The molecule has 0 saturated carbocycles. The number of benzene rings is 2. The Hall–Kier alpha value is -3.20. The summed E-state index contributed by atoms with van der Waals surface area (Å²) < 4.78 is 5.14. The molecule has 1 aliphatic carbocycles. The Morgan fingerprint density at radius 3 is 2.05 bits per heavy atom. The van der Waals surface area contributed by atoms with Crippen LogP contribution in [0, 0.1) is 5.92 Å². The van der Waals surface area contributed by atoms with Crippen molar-refractivity contribution in [3.63, 3.8) is 0 Å². The molecule has 188 valence electrons. The van der Waals surface area contributed by atoms with Gasteiger partial charge in [-0.15, -0.1) is 0 Å². The summed E-state index contributed by atoms with van der Waals surface area (Å²) in [7, 11) is 0. The summed E-state index contributed by atoms with van der Waals surface area (Å²) in [6.45, 7) is 6.94. The predicted molar refractivity (Wildman–Crippen MR) is 153 cm³/mol. The van der Waals surface area contributed by atoms with E-state index in [1.54, 1.807) is 5.57 Å². The van der Waals surface area contributed by atoms with Crippen LogP contribution in [-0.2, 0) is 25.9 Å². The van der Waals surface area contributed by atoms with Crippen molar-refractivity contribution in [1.82, 2.24) is 14.0 Å². The minimum absolute atomic E-state index is 0.353. The lowest BCUT2D eigenvalue weighted by atomic mass is 9.84. The number of aryl methyl sites for hydroxylation is 4. The number of para-hydroxylation sites is 2. The molecule has 0 amide bonds. The summed E-state index contributed by atoms with van der Waals surface area (Å²) >= 11 is 0. The minimum atomic E-state index is 0.353. The lowest BCUT2D eigenvalue weighted by Gasteiger charge is -2.38. The van der Waals surface area contributed by atoms with Gasteiger partial charge in [0, 0.05) is 61.0 Å². The van der Waals surface area contributed by atoms with E-state index in [4.69, 9.17) is 0 Å². The van der Waals surface area contributed by atoms with Crippen LogP contribution in [0.3, 0.4) is 0 Å². The van der Waals surface area contributed by atoms with Crippen LogP contribution in [0.5, 0.6) is 0 Å². The fourth-order valence-electron chi connectivity index (χ4n) is 8.05. The second-order valence-electron chi connectivity index (χ2n) is 11.9. The number of allylic oxidation sites excluding steroid dienone is 3. The van der Waals surface area contributed by atoms with Crippen molar-refractivity contribution in [2.75, 3.05) is 13.1 Å². The monoisotopic (exact) mass is 487 g/mol. The van der Waals surface area contributed by atoms with Crippen molar-refractivity contribution in [3.05, 3.63) is 94.5 Å². The van der Waals surface area contributed by atoms with Crippen LogP contribution >= 0.6 is 0 Å². The predicted octanol–water partition coefficient (Wildman–Crippen LogP) is 7.57. The van der Waals surface area contributed by atoms with Gasteiger partial charge in [0.05, 0.1) is 11.0 Å². The lowest BCUT2D eigenvalue weighted by Crippen LogP contribution is -2.34. The molecule has 0 spiro atoms. The van der Waals surface area contributed by atoms with Crippen LogP contribution in [0.4, 0.5) is 0 Å². The molecule has 3 heteroatoms. The Morgan fingerprint density at radius 1 is 0.784 bits per heavy atom. The molecule has 4 aromatic rings. The Balaban J connectivity index is 1.33. The highest BCUT2D eigenvalue weighted by molar-refractivity contribution is 5.92. The first-order chi connectivity index (χ1) is 18.3. The Labute approximate surface area is 220 Å². The Kier molecular flexibility index (Phi) is 4.97. The molecule has 0 fully saturated rings. The fraction of sp³-hybridized carbons (Fsp3) is 0.412. The average Bonchev–Trinajstić information content (AvgIpc) is 3.50. The summed E-state index contributed by atoms with van der Waals surface area (Å²) in [6.07, 6.45) is 18.6. The maximum atomic E-state index is 2.75. The van der Waals surface area contributed by atoms with E-state index >= 15 is 0 Å². The number of nitrogens with zero attached hydrogens (tertiary/aromatic N) is 3. The van der Waals surface area contributed by atoms with Gasteiger partial charge in [0.1, 0.15) is 0 Å². The molecule has 0 saturated heterocycles. The second kappa shape index (κ2) is 8.41. The molecule has 1 atom stereocenters. The quantitative estimate of drug-likeness (QED) is 0.289. The van der Waals surface area contributed by atoms with Crippen molar-refractivity contribution in [1.29, 1.82) is 0 Å². The van der Waals surface area contributed by atoms with Gasteiger partial charge in [0.15, 0.2) is 0 Å². The topological polar surface area (TPSA) is 13.1 Å². The highest BCUT2D eigenvalue weighted by Gasteiger charge is 2.31. The maximum Gasteiger partial charge on any atom is 0.0515 e. The fourth-order valence-corrected chi connectivity index (χ4v) is 8.05. The maximum absolute atomic E-state index is 2.75. The molecule has 4 aliphatic rings. The minimum Gasteiger partial charge on any atom is -0.371 e. The van der Waals surface area contributed by atoms with E-state index in [0.717, 1.165) is 19.6 Å². The molecule has 2 aromatic carbocycles. The van der Waals surface area contributed by atoms with Gasteiger partial charge in [0.25, 0.3) is 0 Å². The lowest BCUT2D eigenvalue weighted by molar-refractivity contribution is 0.304. The van der Waals surface area contributed by atoms with Crippen molar-refractivity contribution >= 4 is 21.8 Å². The summed E-state index contributed by atoms with van der Waals surface area (Å²) in [4.78, 5) is 2.75. The van der Waals surface area contributed by atoms with Crippen LogP contribution in [-0.4, -0.2) is 27.1 Å². The van der Waals surface area contributed by atoms with E-state index in [1.807, 2.05) is 0 Å². The van der Waals surface area contributed by atoms with Gasteiger partial charge < -0.3 is 14.0 Å². The molecule has 0 radical (unpaired) electrons. The van der Waals surface area contributed by atoms with Crippen LogP contribution in [0.2, 0.25) is 0 Å².